The Balaban J connectivity index is 1.30. The summed E-state index contributed by atoms with van der Waals surface area (Å²) in [6, 6.07) is 56.5. The van der Waals surface area contributed by atoms with E-state index < -0.39 is 10.1 Å². The Morgan fingerprint density at radius 2 is 0.943 bits per heavy atom. The lowest BCUT2D eigenvalue weighted by molar-refractivity contribution is -0.558. The summed E-state index contributed by atoms with van der Waals surface area (Å²) in [5.74, 6) is 0. The normalized spacial score (nSPS) is 12.5. The Labute approximate surface area is 312 Å². The van der Waals surface area contributed by atoms with Crippen LogP contribution in [0.25, 0.3) is 5.57 Å². The van der Waals surface area contributed by atoms with Gasteiger partial charge in [0.25, 0.3) is 10.1 Å². The summed E-state index contributed by atoms with van der Waals surface area (Å²) in [6.45, 7) is 2.89. The molecule has 1 aliphatic carbocycles. The molecular weight excluding hydrogens is 673 g/mol. The highest BCUT2D eigenvalue weighted by Crippen LogP contribution is 2.35. The van der Waals surface area contributed by atoms with E-state index in [-0.39, 0.29) is 4.90 Å². The van der Waals surface area contributed by atoms with Gasteiger partial charge < -0.3 is 4.90 Å². The third kappa shape index (κ3) is 9.05. The van der Waals surface area contributed by atoms with Crippen LogP contribution in [-0.2, 0) is 36.3 Å². The van der Waals surface area contributed by atoms with E-state index in [9.17, 15) is 13.0 Å². The zero-order valence-corrected chi connectivity index (χ0v) is 30.2. The minimum Gasteiger partial charge on any atom is -0.363 e. The van der Waals surface area contributed by atoms with Crippen molar-refractivity contribution < 1.29 is 17.5 Å². The number of anilines is 1. The van der Waals surface area contributed by atoms with Crippen LogP contribution < -0.4 is 4.90 Å². The number of nitrogens with zero attached hydrogens (tertiary/aromatic N) is 2. The molecule has 0 unspecified atom stereocenters. The highest BCUT2D eigenvalue weighted by Gasteiger charge is 2.23. The van der Waals surface area contributed by atoms with Gasteiger partial charge in [0.2, 0.25) is 5.71 Å². The summed E-state index contributed by atoms with van der Waals surface area (Å²) in [6.07, 6.45) is 8.26. The van der Waals surface area contributed by atoms with Crippen LogP contribution in [0.15, 0.2) is 205 Å². The van der Waals surface area contributed by atoms with Crippen LogP contribution in [0.1, 0.15) is 33.4 Å². The van der Waals surface area contributed by atoms with Gasteiger partial charge in [0.1, 0.15) is 4.90 Å². The van der Waals surface area contributed by atoms with Crippen LogP contribution in [0.2, 0.25) is 0 Å². The summed E-state index contributed by atoms with van der Waals surface area (Å²) in [5.41, 5.74) is 9.72. The minimum atomic E-state index is -4.51. The lowest BCUT2D eigenvalue weighted by Gasteiger charge is -2.26. The van der Waals surface area contributed by atoms with Crippen molar-refractivity contribution in [2.45, 2.75) is 31.1 Å². The Hall–Kier alpha value is -6.08. The van der Waals surface area contributed by atoms with Crippen LogP contribution in [0, 0.1) is 0 Å². The van der Waals surface area contributed by atoms with Gasteiger partial charge in [0.15, 0.2) is 13.1 Å². The minimum absolute atomic E-state index is 0.132. The van der Waals surface area contributed by atoms with Crippen LogP contribution in [0.4, 0.5) is 5.69 Å². The van der Waals surface area contributed by atoms with E-state index in [1.807, 2.05) is 48.6 Å². The van der Waals surface area contributed by atoms with Crippen LogP contribution in [-0.4, -0.2) is 23.3 Å². The van der Waals surface area contributed by atoms with Gasteiger partial charge in [-0.05, 0) is 58.2 Å². The highest BCUT2D eigenvalue weighted by molar-refractivity contribution is 7.86. The second-order valence-corrected chi connectivity index (χ2v) is 14.5. The fraction of sp³-hybridized carbons (Fsp3) is 0.0851. The lowest BCUT2D eigenvalue weighted by atomic mass is 9.90. The van der Waals surface area contributed by atoms with Gasteiger partial charge in [-0.15, -0.1) is 0 Å². The van der Waals surface area contributed by atoms with Crippen molar-refractivity contribution in [1.82, 2.24) is 0 Å². The summed E-state index contributed by atoms with van der Waals surface area (Å²) in [4.78, 5) is 2.20. The van der Waals surface area contributed by atoms with E-state index in [1.165, 1.54) is 28.3 Å². The van der Waals surface area contributed by atoms with Crippen LogP contribution in [0.5, 0.6) is 0 Å². The fourth-order valence-electron chi connectivity index (χ4n) is 6.75. The molecule has 0 heterocycles. The topological polar surface area (TPSA) is 60.6 Å². The molecule has 0 radical (unpaired) electrons. The first-order valence-electron chi connectivity index (χ1n) is 17.7. The molecule has 6 aromatic rings. The van der Waals surface area contributed by atoms with Crippen LogP contribution in [0.3, 0.4) is 0 Å². The Kier molecular flexibility index (Phi) is 11.0. The third-order valence-corrected chi connectivity index (χ3v) is 10.3. The van der Waals surface area contributed by atoms with Crippen molar-refractivity contribution >= 4 is 27.1 Å². The summed E-state index contributed by atoms with van der Waals surface area (Å²) < 4.78 is 38.2. The molecule has 0 bridgehead atoms. The van der Waals surface area contributed by atoms with Gasteiger partial charge in [-0.25, -0.2) is 4.58 Å². The molecule has 0 atom stereocenters. The molecule has 0 spiro atoms. The van der Waals surface area contributed by atoms with Gasteiger partial charge in [0, 0.05) is 47.6 Å². The molecular formula is C47H41N2O3S+. The van der Waals surface area contributed by atoms with Crippen molar-refractivity contribution in [3.8, 4) is 0 Å². The highest BCUT2D eigenvalue weighted by atomic mass is 32.2. The van der Waals surface area contributed by atoms with Gasteiger partial charge in [-0.2, -0.15) is 8.42 Å². The summed E-state index contributed by atoms with van der Waals surface area (Å²) in [7, 11) is -4.51. The van der Waals surface area contributed by atoms with Crippen molar-refractivity contribution in [2.24, 2.45) is 0 Å². The van der Waals surface area contributed by atoms with Crippen molar-refractivity contribution in [2.75, 3.05) is 4.90 Å². The second-order valence-electron chi connectivity index (χ2n) is 13.1. The zero-order chi connectivity index (χ0) is 36.5. The summed E-state index contributed by atoms with van der Waals surface area (Å²) >= 11 is 0. The van der Waals surface area contributed by atoms with Crippen molar-refractivity contribution in [3.63, 3.8) is 0 Å². The summed E-state index contributed by atoms with van der Waals surface area (Å²) in [5, 5.41) is 0. The van der Waals surface area contributed by atoms with Gasteiger partial charge >= 0.3 is 0 Å². The molecule has 6 heteroatoms. The maximum Gasteiger partial charge on any atom is 0.295 e. The number of rotatable bonds is 12. The molecule has 5 nitrogen and oxygen atoms in total. The molecule has 1 aliphatic rings. The van der Waals surface area contributed by atoms with Gasteiger partial charge in [-0.3, -0.25) is 4.55 Å². The maximum absolute atomic E-state index is 12.7. The number of hydrogen-bond acceptors (Lipinski definition) is 3. The molecule has 262 valence electrons. The number of benzene rings is 6. The predicted octanol–water partition coefficient (Wildman–Crippen LogP) is 9.92. The Morgan fingerprint density at radius 3 is 1.42 bits per heavy atom. The fourth-order valence-corrected chi connectivity index (χ4v) is 7.44. The van der Waals surface area contributed by atoms with Crippen molar-refractivity contribution in [3.05, 3.63) is 233 Å². The van der Waals surface area contributed by atoms with Gasteiger partial charge in [0.05, 0.1) is 0 Å². The van der Waals surface area contributed by atoms with Crippen molar-refractivity contribution in [1.29, 1.82) is 0 Å². The SMILES string of the molecule is O=S(=O)(O)c1ccccc1C(=C1C=CC(=[N+](Cc2ccccc2)Cc2ccccc2)C=C1)c1ccc(N(Cc2ccccc2)Cc2ccccc2)cc1. The van der Waals surface area contributed by atoms with E-state index in [1.54, 1.807) is 18.2 Å². The van der Waals surface area contributed by atoms with E-state index >= 15 is 0 Å². The monoisotopic (exact) mass is 713 g/mol. The smallest absolute Gasteiger partial charge is 0.295 e. The first-order valence-corrected chi connectivity index (χ1v) is 19.1. The van der Waals surface area contributed by atoms with Crippen LogP contribution >= 0.6 is 0 Å². The number of allylic oxidation sites excluding steroid dienone is 5. The average molecular weight is 714 g/mol. The molecule has 0 saturated carbocycles. The van der Waals surface area contributed by atoms with E-state index in [0.29, 0.717) is 11.1 Å². The first kappa shape index (κ1) is 35.3. The zero-order valence-electron chi connectivity index (χ0n) is 29.4. The second kappa shape index (κ2) is 16.5. The Bertz CT molecular complexity index is 2280. The molecule has 1 N–H and O–H groups in total. The molecule has 0 saturated heterocycles. The van der Waals surface area contributed by atoms with Gasteiger partial charge in [-0.1, -0.05) is 152 Å². The Morgan fingerprint density at radius 1 is 0.509 bits per heavy atom. The number of hydrogen-bond donors (Lipinski definition) is 1. The van der Waals surface area contributed by atoms with E-state index in [4.69, 9.17) is 0 Å². The maximum atomic E-state index is 12.7. The first-order chi connectivity index (χ1) is 25.9. The largest absolute Gasteiger partial charge is 0.363 e. The lowest BCUT2D eigenvalue weighted by Crippen LogP contribution is -2.22. The molecule has 53 heavy (non-hydrogen) atoms. The van der Waals surface area contributed by atoms with E-state index in [2.05, 4.69) is 131 Å². The molecule has 7 rings (SSSR count). The standard InChI is InChI=1S/C47H40N2O3S/c50-53(51,52)46-24-14-13-23-45(46)47(41-25-29-43(30-26-41)48(33-37-15-5-1-6-16-37)34-38-17-7-2-8-18-38)42-27-31-44(32-28-42)49(35-39-19-9-3-10-20-39)36-40-21-11-4-12-22-40/h1-32H,33-36H2/p+1. The molecule has 0 aliphatic heterocycles. The molecule has 0 aromatic heterocycles. The molecule has 0 amide bonds. The third-order valence-electron chi connectivity index (χ3n) is 9.34. The van der Waals surface area contributed by atoms with E-state index in [0.717, 1.165) is 48.7 Å². The average Bonchev–Trinajstić information content (AvgIpc) is 3.19. The predicted molar refractivity (Wildman–Crippen MR) is 215 cm³/mol. The quantitative estimate of drug-likeness (QED) is 0.101. The molecule has 6 aromatic carbocycles. The molecule has 0 fully saturated rings.